The van der Waals surface area contributed by atoms with Crippen molar-refractivity contribution in [1.82, 2.24) is 0 Å². The fourth-order valence-corrected chi connectivity index (χ4v) is 3.93. The van der Waals surface area contributed by atoms with Gasteiger partial charge < -0.3 is 14.6 Å². The average molecular weight is 467 g/mol. The summed E-state index contributed by atoms with van der Waals surface area (Å²) in [6.07, 6.45) is 19.0. The standard InChI is InChI=1S/C30H42O4/c1-2-3-4-5-6-7-8-9-10-11-12-13-14-21-26-30(29(31)32,33-27-22-17-15-18-23-27)34-28-24-19-16-20-25-28/h9-10,15-20,22-25H,2-8,11-14,21,26H2,1H3,(H,31,32). The first-order valence-corrected chi connectivity index (χ1v) is 13.0. The molecule has 2 rings (SSSR count). The number of carbonyl (C=O) groups is 1. The van der Waals surface area contributed by atoms with Gasteiger partial charge in [-0.05, 0) is 56.4 Å². The van der Waals surface area contributed by atoms with Crippen LogP contribution in [0.4, 0.5) is 0 Å². The lowest BCUT2D eigenvalue weighted by Crippen LogP contribution is -2.50. The van der Waals surface area contributed by atoms with Crippen LogP contribution in [-0.2, 0) is 4.79 Å². The van der Waals surface area contributed by atoms with Gasteiger partial charge in [-0.3, -0.25) is 0 Å². The van der Waals surface area contributed by atoms with Crippen LogP contribution in [0.5, 0.6) is 11.5 Å². The molecule has 0 saturated carbocycles. The quantitative estimate of drug-likeness (QED) is 0.128. The van der Waals surface area contributed by atoms with E-state index in [4.69, 9.17) is 9.47 Å². The minimum Gasteiger partial charge on any atom is -0.475 e. The molecule has 1 N–H and O–H groups in total. The molecule has 0 fully saturated rings. The molecule has 2 aromatic carbocycles. The SMILES string of the molecule is CCCCCCCCC=CCCCCCCC(Oc1ccccc1)(Oc1ccccc1)C(=O)O. The molecule has 0 heterocycles. The molecule has 0 spiro atoms. The Labute approximate surface area is 206 Å². The maximum absolute atomic E-state index is 12.3. The molecule has 34 heavy (non-hydrogen) atoms. The number of unbranched alkanes of at least 4 members (excludes halogenated alkanes) is 10. The van der Waals surface area contributed by atoms with Gasteiger partial charge in [0.2, 0.25) is 0 Å². The minimum atomic E-state index is -1.75. The predicted molar refractivity (Wildman–Crippen MR) is 139 cm³/mol. The third-order valence-corrected chi connectivity index (χ3v) is 5.90. The highest BCUT2D eigenvalue weighted by Gasteiger charge is 2.43. The van der Waals surface area contributed by atoms with Gasteiger partial charge in [-0.15, -0.1) is 0 Å². The Kier molecular flexibility index (Phi) is 13.6. The molecule has 0 aliphatic heterocycles. The van der Waals surface area contributed by atoms with Crippen LogP contribution < -0.4 is 9.47 Å². The Morgan fingerprint density at radius 2 is 1.15 bits per heavy atom. The minimum absolute atomic E-state index is 0.278. The molecule has 0 saturated heterocycles. The van der Waals surface area contributed by atoms with Crippen molar-refractivity contribution in [3.8, 4) is 11.5 Å². The Hall–Kier alpha value is -2.75. The highest BCUT2D eigenvalue weighted by molar-refractivity contribution is 5.76. The largest absolute Gasteiger partial charge is 0.475 e. The number of para-hydroxylation sites is 2. The monoisotopic (exact) mass is 466 g/mol. The molecule has 0 aromatic heterocycles. The van der Waals surface area contributed by atoms with Crippen LogP contribution in [0.15, 0.2) is 72.8 Å². The van der Waals surface area contributed by atoms with Crippen LogP contribution in [0.2, 0.25) is 0 Å². The van der Waals surface area contributed by atoms with Crippen molar-refractivity contribution in [3.63, 3.8) is 0 Å². The molecule has 0 radical (unpaired) electrons. The average Bonchev–Trinajstić information content (AvgIpc) is 2.85. The maximum atomic E-state index is 12.3. The number of ether oxygens (including phenoxy) is 2. The zero-order chi connectivity index (χ0) is 24.3. The lowest BCUT2D eigenvalue weighted by molar-refractivity contribution is -0.187. The lowest BCUT2D eigenvalue weighted by Gasteiger charge is -2.31. The predicted octanol–water partition coefficient (Wildman–Crippen LogP) is 8.57. The molecule has 0 bridgehead atoms. The van der Waals surface area contributed by atoms with Crippen LogP contribution in [0.3, 0.4) is 0 Å². The zero-order valence-electron chi connectivity index (χ0n) is 20.8. The number of rotatable bonds is 19. The van der Waals surface area contributed by atoms with Gasteiger partial charge in [0.05, 0.1) is 0 Å². The molecule has 2 aromatic rings. The van der Waals surface area contributed by atoms with Gasteiger partial charge in [-0.2, -0.15) is 0 Å². The van der Waals surface area contributed by atoms with Gasteiger partial charge >= 0.3 is 11.8 Å². The summed E-state index contributed by atoms with van der Waals surface area (Å²) >= 11 is 0. The number of aliphatic carboxylic acids is 1. The van der Waals surface area contributed by atoms with E-state index < -0.39 is 11.8 Å². The Morgan fingerprint density at radius 3 is 1.62 bits per heavy atom. The second-order valence-electron chi connectivity index (χ2n) is 8.87. The van der Waals surface area contributed by atoms with Crippen LogP contribution in [-0.4, -0.2) is 16.9 Å². The smallest absolute Gasteiger partial charge is 0.390 e. The van der Waals surface area contributed by atoms with Gasteiger partial charge in [-0.1, -0.05) is 100 Å². The number of carboxylic acid groups (broad SMARTS) is 1. The van der Waals surface area contributed by atoms with Crippen molar-refractivity contribution in [3.05, 3.63) is 72.8 Å². The maximum Gasteiger partial charge on any atom is 0.390 e. The van der Waals surface area contributed by atoms with Crippen LogP contribution in [0.25, 0.3) is 0 Å². The molecule has 0 aliphatic rings. The molecular formula is C30H42O4. The molecule has 0 amide bonds. The van der Waals surface area contributed by atoms with Crippen LogP contribution >= 0.6 is 0 Å². The van der Waals surface area contributed by atoms with Gasteiger partial charge in [0.1, 0.15) is 11.5 Å². The summed E-state index contributed by atoms with van der Waals surface area (Å²) in [5.41, 5.74) is 0. The summed E-state index contributed by atoms with van der Waals surface area (Å²) in [5, 5.41) is 10.1. The van der Waals surface area contributed by atoms with Crippen molar-refractivity contribution in [2.24, 2.45) is 0 Å². The van der Waals surface area contributed by atoms with Crippen molar-refractivity contribution < 1.29 is 19.4 Å². The zero-order valence-corrected chi connectivity index (χ0v) is 20.8. The third-order valence-electron chi connectivity index (χ3n) is 5.90. The summed E-state index contributed by atoms with van der Waals surface area (Å²) in [5.74, 6) is -1.90. The molecule has 4 heteroatoms. The third kappa shape index (κ3) is 10.9. The first-order chi connectivity index (χ1) is 16.7. The van der Waals surface area contributed by atoms with E-state index in [-0.39, 0.29) is 6.42 Å². The number of benzene rings is 2. The van der Waals surface area contributed by atoms with Crippen molar-refractivity contribution in [2.75, 3.05) is 0 Å². The number of hydrogen-bond acceptors (Lipinski definition) is 3. The first kappa shape index (κ1) is 27.5. The van der Waals surface area contributed by atoms with Crippen molar-refractivity contribution in [2.45, 2.75) is 96.2 Å². The van der Waals surface area contributed by atoms with E-state index in [2.05, 4.69) is 19.1 Å². The van der Waals surface area contributed by atoms with E-state index in [9.17, 15) is 9.90 Å². The Balaban J connectivity index is 1.76. The van der Waals surface area contributed by atoms with Crippen molar-refractivity contribution >= 4 is 5.97 Å². The number of allylic oxidation sites excluding steroid dienone is 2. The summed E-state index contributed by atoms with van der Waals surface area (Å²) in [4.78, 5) is 12.3. The lowest BCUT2D eigenvalue weighted by atomic mass is 10.0. The second-order valence-corrected chi connectivity index (χ2v) is 8.87. The van der Waals surface area contributed by atoms with Gasteiger partial charge in [0.25, 0.3) is 0 Å². The fraction of sp³-hybridized carbons (Fsp3) is 0.500. The summed E-state index contributed by atoms with van der Waals surface area (Å²) in [7, 11) is 0. The highest BCUT2D eigenvalue weighted by Crippen LogP contribution is 2.28. The molecule has 0 aliphatic carbocycles. The molecule has 186 valence electrons. The van der Waals surface area contributed by atoms with E-state index in [1.165, 1.54) is 44.9 Å². The summed E-state index contributed by atoms with van der Waals surface area (Å²) < 4.78 is 11.9. The van der Waals surface area contributed by atoms with Crippen molar-refractivity contribution in [1.29, 1.82) is 0 Å². The number of carboxylic acids is 1. The van der Waals surface area contributed by atoms with E-state index in [0.717, 1.165) is 25.7 Å². The first-order valence-electron chi connectivity index (χ1n) is 13.0. The van der Waals surface area contributed by atoms with Gasteiger partial charge in [0.15, 0.2) is 0 Å². The van der Waals surface area contributed by atoms with Gasteiger partial charge in [0, 0.05) is 6.42 Å². The van der Waals surface area contributed by atoms with Crippen LogP contribution in [0.1, 0.15) is 90.4 Å². The summed E-state index contributed by atoms with van der Waals surface area (Å²) in [6, 6.07) is 18.1. The van der Waals surface area contributed by atoms with Crippen LogP contribution in [0, 0.1) is 0 Å². The van der Waals surface area contributed by atoms with E-state index in [0.29, 0.717) is 17.9 Å². The topological polar surface area (TPSA) is 55.8 Å². The Bertz CT molecular complexity index is 760. The normalized spacial score (nSPS) is 11.6. The number of hydrogen-bond donors (Lipinski definition) is 1. The molecule has 0 atom stereocenters. The molecular weight excluding hydrogens is 424 g/mol. The fourth-order valence-electron chi connectivity index (χ4n) is 3.93. The molecule has 0 unspecified atom stereocenters. The Morgan fingerprint density at radius 1 is 0.706 bits per heavy atom. The summed E-state index contributed by atoms with van der Waals surface area (Å²) in [6.45, 7) is 2.25. The van der Waals surface area contributed by atoms with E-state index in [1.54, 1.807) is 24.3 Å². The van der Waals surface area contributed by atoms with Gasteiger partial charge in [-0.25, -0.2) is 4.79 Å². The molecule has 4 nitrogen and oxygen atoms in total. The second kappa shape index (κ2) is 16.8. The van der Waals surface area contributed by atoms with E-state index >= 15 is 0 Å². The van der Waals surface area contributed by atoms with E-state index in [1.807, 2.05) is 36.4 Å². The highest BCUT2D eigenvalue weighted by atomic mass is 16.7.